The van der Waals surface area contributed by atoms with Gasteiger partial charge in [-0.15, -0.1) is 11.3 Å². The van der Waals surface area contributed by atoms with Gasteiger partial charge in [-0.25, -0.2) is 4.39 Å². The largest absolute Gasteiger partial charge is 0.341 e. The van der Waals surface area contributed by atoms with E-state index < -0.39 is 17.6 Å². The van der Waals surface area contributed by atoms with Gasteiger partial charge in [-0.05, 0) is 35.6 Å². The van der Waals surface area contributed by atoms with E-state index in [-0.39, 0.29) is 24.8 Å². The van der Waals surface area contributed by atoms with Crippen LogP contribution in [0.2, 0.25) is 0 Å². The van der Waals surface area contributed by atoms with Gasteiger partial charge in [0.05, 0.1) is 0 Å². The number of hydrogen-bond donors (Lipinski definition) is 0. The molecule has 5 nitrogen and oxygen atoms in total. The molecule has 0 N–H and O–H groups in total. The molecule has 0 spiro atoms. The number of halogens is 1. The first-order valence-corrected chi connectivity index (χ1v) is 9.18. The Morgan fingerprint density at radius 1 is 1.27 bits per heavy atom. The maximum atomic E-state index is 13.0. The number of hydrogen-bond acceptors (Lipinski definition) is 4. The van der Waals surface area contributed by atoms with Crippen molar-refractivity contribution in [3.05, 3.63) is 58.0 Å². The van der Waals surface area contributed by atoms with Crippen molar-refractivity contribution < 1.29 is 18.8 Å². The number of ketones is 1. The molecule has 1 aromatic carbocycles. The second-order valence-electron chi connectivity index (χ2n) is 6.32. The lowest BCUT2D eigenvalue weighted by molar-refractivity contribution is -0.144. The Hall–Kier alpha value is -2.54. The SMILES string of the molecule is CN(Cc1ccc(F)cc1)C(=O)C1CN(CCc2cccs2)C(=O)C1=O. The number of likely N-dealkylation sites (tertiary alicyclic amines) is 1. The van der Waals surface area contributed by atoms with Crippen LogP contribution in [-0.2, 0) is 27.3 Å². The zero-order chi connectivity index (χ0) is 18.7. The molecule has 1 aromatic heterocycles. The molecule has 1 saturated heterocycles. The summed E-state index contributed by atoms with van der Waals surface area (Å²) < 4.78 is 13.0. The summed E-state index contributed by atoms with van der Waals surface area (Å²) >= 11 is 1.60. The van der Waals surface area contributed by atoms with E-state index in [1.54, 1.807) is 30.5 Å². The topological polar surface area (TPSA) is 57.7 Å². The molecular formula is C19H19FN2O3S. The van der Waals surface area contributed by atoms with Crippen LogP contribution in [0.5, 0.6) is 0 Å². The van der Waals surface area contributed by atoms with E-state index in [4.69, 9.17) is 0 Å². The van der Waals surface area contributed by atoms with Crippen LogP contribution < -0.4 is 0 Å². The van der Waals surface area contributed by atoms with Crippen molar-refractivity contribution in [2.24, 2.45) is 5.92 Å². The molecule has 1 aliphatic heterocycles. The summed E-state index contributed by atoms with van der Waals surface area (Å²) in [6.45, 7) is 0.804. The molecule has 1 aliphatic rings. The summed E-state index contributed by atoms with van der Waals surface area (Å²) in [6.07, 6.45) is 0.670. The van der Waals surface area contributed by atoms with Crippen molar-refractivity contribution in [1.29, 1.82) is 0 Å². The number of Topliss-reactive ketones (excluding diaryl/α,β-unsaturated/α-hetero) is 1. The number of nitrogens with zero attached hydrogens (tertiary/aromatic N) is 2. The van der Waals surface area contributed by atoms with E-state index in [0.29, 0.717) is 13.0 Å². The van der Waals surface area contributed by atoms with Crippen molar-refractivity contribution in [2.45, 2.75) is 13.0 Å². The van der Waals surface area contributed by atoms with E-state index in [1.807, 2.05) is 17.5 Å². The summed E-state index contributed by atoms with van der Waals surface area (Å²) in [7, 11) is 1.58. The molecule has 1 unspecified atom stereocenters. The normalized spacial score (nSPS) is 17.0. The van der Waals surface area contributed by atoms with E-state index in [0.717, 1.165) is 10.4 Å². The standard InChI is InChI=1S/C19H19FN2O3S/c1-21(11-13-4-6-14(20)7-5-13)18(24)16-12-22(19(25)17(16)23)9-8-15-3-2-10-26-15/h2-7,10,16H,8-9,11-12H2,1H3. The summed E-state index contributed by atoms with van der Waals surface area (Å²) in [4.78, 5) is 41.0. The van der Waals surface area contributed by atoms with Crippen LogP contribution in [0.3, 0.4) is 0 Å². The van der Waals surface area contributed by atoms with E-state index in [2.05, 4.69) is 0 Å². The Balaban J connectivity index is 1.60. The Bertz CT molecular complexity index is 805. The monoisotopic (exact) mass is 374 g/mol. The fraction of sp³-hybridized carbons (Fsp3) is 0.316. The number of carbonyl (C=O) groups is 3. The van der Waals surface area contributed by atoms with Gasteiger partial charge in [0.15, 0.2) is 0 Å². The summed E-state index contributed by atoms with van der Waals surface area (Å²) in [5.74, 6) is -2.93. The van der Waals surface area contributed by atoms with Crippen LogP contribution in [0, 0.1) is 11.7 Å². The van der Waals surface area contributed by atoms with Gasteiger partial charge in [0.1, 0.15) is 11.7 Å². The van der Waals surface area contributed by atoms with Crippen LogP contribution in [0.25, 0.3) is 0 Å². The van der Waals surface area contributed by atoms with E-state index in [9.17, 15) is 18.8 Å². The van der Waals surface area contributed by atoms with Crippen molar-refractivity contribution in [3.8, 4) is 0 Å². The van der Waals surface area contributed by atoms with Crippen molar-refractivity contribution >= 4 is 28.9 Å². The van der Waals surface area contributed by atoms with Gasteiger partial charge in [0.2, 0.25) is 11.7 Å². The lowest BCUT2D eigenvalue weighted by Crippen LogP contribution is -2.36. The molecular weight excluding hydrogens is 355 g/mol. The second-order valence-corrected chi connectivity index (χ2v) is 7.35. The highest BCUT2D eigenvalue weighted by Crippen LogP contribution is 2.19. The van der Waals surface area contributed by atoms with E-state index in [1.165, 1.54) is 21.9 Å². The highest BCUT2D eigenvalue weighted by Gasteiger charge is 2.43. The molecule has 2 aromatic rings. The Labute approximate surface area is 155 Å². The number of rotatable bonds is 6. The van der Waals surface area contributed by atoms with Crippen LogP contribution in [0.4, 0.5) is 4.39 Å². The minimum atomic E-state index is -0.962. The number of carbonyl (C=O) groups excluding carboxylic acids is 3. The molecule has 0 bridgehead atoms. The lowest BCUT2D eigenvalue weighted by Gasteiger charge is -2.20. The molecule has 2 heterocycles. The van der Waals surface area contributed by atoms with Gasteiger partial charge in [0, 0.05) is 31.6 Å². The zero-order valence-corrected chi connectivity index (χ0v) is 15.2. The second kappa shape index (κ2) is 7.78. The van der Waals surface area contributed by atoms with Gasteiger partial charge in [-0.2, -0.15) is 0 Å². The predicted octanol–water partition coefficient (Wildman–Crippen LogP) is 2.12. The Morgan fingerprint density at radius 2 is 2.00 bits per heavy atom. The molecule has 1 fully saturated rings. The minimum absolute atomic E-state index is 0.121. The van der Waals surface area contributed by atoms with Crippen LogP contribution in [-0.4, -0.2) is 47.5 Å². The molecule has 7 heteroatoms. The molecule has 136 valence electrons. The molecule has 26 heavy (non-hydrogen) atoms. The van der Waals surface area contributed by atoms with Crippen LogP contribution in [0.1, 0.15) is 10.4 Å². The molecule has 0 aliphatic carbocycles. The Morgan fingerprint density at radius 3 is 2.65 bits per heavy atom. The smallest absolute Gasteiger partial charge is 0.290 e. The first-order valence-electron chi connectivity index (χ1n) is 8.30. The van der Waals surface area contributed by atoms with Crippen molar-refractivity contribution in [2.75, 3.05) is 20.1 Å². The molecule has 0 saturated carbocycles. The average molecular weight is 374 g/mol. The van der Waals surface area contributed by atoms with Gasteiger partial charge in [-0.3, -0.25) is 14.4 Å². The maximum absolute atomic E-state index is 13.0. The summed E-state index contributed by atoms with van der Waals surface area (Å²) in [6, 6.07) is 9.75. The first-order chi connectivity index (χ1) is 12.5. The van der Waals surface area contributed by atoms with Crippen molar-refractivity contribution in [3.63, 3.8) is 0 Å². The molecule has 3 rings (SSSR count). The number of benzene rings is 1. The highest BCUT2D eigenvalue weighted by molar-refractivity contribution is 7.09. The Kier molecular flexibility index (Phi) is 5.46. The average Bonchev–Trinajstić information content (AvgIpc) is 3.24. The first kappa shape index (κ1) is 18.3. The summed E-state index contributed by atoms with van der Waals surface area (Å²) in [5.41, 5.74) is 0.758. The highest BCUT2D eigenvalue weighted by atomic mass is 32.1. The minimum Gasteiger partial charge on any atom is -0.341 e. The molecule has 0 radical (unpaired) electrons. The third kappa shape index (κ3) is 3.99. The summed E-state index contributed by atoms with van der Waals surface area (Å²) in [5, 5.41) is 1.96. The molecule has 2 amide bonds. The van der Waals surface area contributed by atoms with Gasteiger partial charge in [-0.1, -0.05) is 18.2 Å². The van der Waals surface area contributed by atoms with Gasteiger partial charge >= 0.3 is 0 Å². The fourth-order valence-corrected chi connectivity index (χ4v) is 3.68. The number of amides is 2. The van der Waals surface area contributed by atoms with Gasteiger partial charge < -0.3 is 9.80 Å². The lowest BCUT2D eigenvalue weighted by atomic mass is 10.1. The number of thiophene rings is 1. The third-order valence-electron chi connectivity index (χ3n) is 4.43. The fourth-order valence-electron chi connectivity index (χ4n) is 2.98. The zero-order valence-electron chi connectivity index (χ0n) is 14.4. The predicted molar refractivity (Wildman–Crippen MR) is 96.0 cm³/mol. The molecule has 1 atom stereocenters. The van der Waals surface area contributed by atoms with Crippen molar-refractivity contribution in [1.82, 2.24) is 9.80 Å². The van der Waals surface area contributed by atoms with Crippen LogP contribution in [0.15, 0.2) is 41.8 Å². The maximum Gasteiger partial charge on any atom is 0.290 e. The van der Waals surface area contributed by atoms with Crippen LogP contribution >= 0.6 is 11.3 Å². The third-order valence-corrected chi connectivity index (χ3v) is 5.37. The van der Waals surface area contributed by atoms with E-state index >= 15 is 0 Å². The quantitative estimate of drug-likeness (QED) is 0.575. The van der Waals surface area contributed by atoms with Gasteiger partial charge in [0.25, 0.3) is 5.91 Å².